The van der Waals surface area contributed by atoms with Crippen molar-refractivity contribution in [2.24, 2.45) is 0 Å². The van der Waals surface area contributed by atoms with Crippen molar-refractivity contribution in [2.45, 2.75) is 13.0 Å². The summed E-state index contributed by atoms with van der Waals surface area (Å²) in [5, 5.41) is 7.13. The standard InChI is InChI=1S/C28H24N6O3/c1-18(31-27(35)24-25(29)32-33-15-8-14-30-26(24)33)22-17-20-10-6-9-19(11-7-16-37-2)23(20)28(36)34(22)21-12-4-3-5-13-21/h3-6,8-10,12-15,17-18H,16H2,1-2H3,(H3,29,31,32,35)/p+1. The van der Waals surface area contributed by atoms with Crippen LogP contribution in [0.3, 0.4) is 0 Å². The number of carbonyl (C=O) groups excluding carboxylic acids is 1. The average molecular weight is 494 g/mol. The fourth-order valence-electron chi connectivity index (χ4n) is 4.37. The van der Waals surface area contributed by atoms with Crippen LogP contribution in [0.25, 0.3) is 22.1 Å². The summed E-state index contributed by atoms with van der Waals surface area (Å²) in [5.41, 5.74) is 8.41. The molecule has 9 nitrogen and oxygen atoms in total. The van der Waals surface area contributed by atoms with Gasteiger partial charge in [0.25, 0.3) is 11.5 Å². The summed E-state index contributed by atoms with van der Waals surface area (Å²) in [6, 6.07) is 17.9. The number of hydrogen-bond donors (Lipinski definition) is 3. The van der Waals surface area contributed by atoms with Crippen LogP contribution in [0.5, 0.6) is 0 Å². The molecule has 2 aromatic carbocycles. The smallest absolute Gasteiger partial charge is 0.362 e. The highest BCUT2D eigenvalue weighted by Crippen LogP contribution is 2.24. The normalized spacial score (nSPS) is 11.7. The molecule has 5 rings (SSSR count). The maximum atomic E-state index is 14.0. The molecule has 0 aliphatic heterocycles. The minimum Gasteiger partial charge on any atom is -0.382 e. The molecule has 1 atom stereocenters. The third kappa shape index (κ3) is 4.42. The molecular formula is C28H25N6O3+. The molecule has 184 valence electrons. The van der Waals surface area contributed by atoms with Crippen LogP contribution in [0.1, 0.15) is 34.6 Å². The molecule has 4 N–H and O–H groups in total. The van der Waals surface area contributed by atoms with Crippen LogP contribution in [-0.2, 0) is 4.74 Å². The number of methoxy groups -OCH3 is 1. The zero-order valence-electron chi connectivity index (χ0n) is 20.4. The predicted octanol–water partition coefficient (Wildman–Crippen LogP) is 2.52. The van der Waals surface area contributed by atoms with E-state index in [1.807, 2.05) is 61.5 Å². The number of nitrogens with zero attached hydrogens (tertiary/aromatic N) is 3. The number of anilines is 1. The number of carbonyl (C=O) groups is 1. The van der Waals surface area contributed by atoms with Crippen LogP contribution in [0.2, 0.25) is 0 Å². The third-order valence-corrected chi connectivity index (χ3v) is 6.03. The Morgan fingerprint density at radius 1 is 1.22 bits per heavy atom. The van der Waals surface area contributed by atoms with E-state index in [0.29, 0.717) is 28.0 Å². The molecule has 0 spiro atoms. The van der Waals surface area contributed by atoms with E-state index in [1.165, 1.54) is 0 Å². The number of pyridine rings is 1. The number of nitrogens with one attached hydrogen (secondary N) is 2. The lowest BCUT2D eigenvalue weighted by Gasteiger charge is -2.21. The fraction of sp³-hybridized carbons (Fsp3) is 0.143. The van der Waals surface area contributed by atoms with Crippen molar-refractivity contribution in [2.75, 3.05) is 19.5 Å². The number of ether oxygens (including phenoxy) is 1. The molecule has 0 aliphatic carbocycles. The van der Waals surface area contributed by atoms with E-state index in [4.69, 9.17) is 10.5 Å². The first-order valence-electron chi connectivity index (χ1n) is 11.7. The molecule has 0 saturated carbocycles. The van der Waals surface area contributed by atoms with Crippen LogP contribution in [0.4, 0.5) is 5.82 Å². The monoisotopic (exact) mass is 493 g/mol. The second kappa shape index (κ2) is 9.97. The number of rotatable bonds is 5. The molecule has 1 amide bonds. The Labute approximate surface area is 212 Å². The van der Waals surface area contributed by atoms with Gasteiger partial charge in [-0.3, -0.25) is 14.2 Å². The molecule has 37 heavy (non-hydrogen) atoms. The van der Waals surface area contributed by atoms with Gasteiger partial charge in [-0.05, 0) is 41.6 Å². The van der Waals surface area contributed by atoms with Gasteiger partial charge in [0, 0.05) is 30.1 Å². The van der Waals surface area contributed by atoms with Crippen molar-refractivity contribution in [1.29, 1.82) is 0 Å². The van der Waals surface area contributed by atoms with Crippen LogP contribution >= 0.6 is 0 Å². The number of H-pyrrole nitrogens is 1. The first-order chi connectivity index (χ1) is 18.0. The highest BCUT2D eigenvalue weighted by molar-refractivity contribution is 6.03. The van der Waals surface area contributed by atoms with Gasteiger partial charge >= 0.3 is 5.65 Å². The van der Waals surface area contributed by atoms with Gasteiger partial charge in [-0.25, -0.2) is 5.10 Å². The van der Waals surface area contributed by atoms with E-state index in [0.717, 1.165) is 5.39 Å². The van der Waals surface area contributed by atoms with Gasteiger partial charge in [0.15, 0.2) is 11.4 Å². The summed E-state index contributed by atoms with van der Waals surface area (Å²) in [4.78, 5) is 31.6. The average Bonchev–Trinajstić information content (AvgIpc) is 3.24. The van der Waals surface area contributed by atoms with Gasteiger partial charge in [-0.15, -0.1) is 4.52 Å². The van der Waals surface area contributed by atoms with Gasteiger partial charge in [-0.1, -0.05) is 42.2 Å². The number of aromatic amines is 1. The summed E-state index contributed by atoms with van der Waals surface area (Å²) in [6.07, 6.45) is 3.31. The molecule has 0 radical (unpaired) electrons. The number of benzene rings is 2. The second-order valence-corrected chi connectivity index (χ2v) is 8.46. The van der Waals surface area contributed by atoms with Crippen LogP contribution in [0, 0.1) is 11.8 Å². The van der Waals surface area contributed by atoms with Crippen molar-refractivity contribution < 1.29 is 14.0 Å². The van der Waals surface area contributed by atoms with E-state index < -0.39 is 11.9 Å². The first kappa shape index (κ1) is 23.8. The number of nitrogen functional groups attached to an aromatic ring is 1. The lowest BCUT2D eigenvalue weighted by molar-refractivity contribution is -0.577. The van der Waals surface area contributed by atoms with E-state index in [-0.39, 0.29) is 23.5 Å². The Morgan fingerprint density at radius 2 is 2.03 bits per heavy atom. The van der Waals surface area contributed by atoms with Crippen molar-refractivity contribution in [3.05, 3.63) is 100 Å². The van der Waals surface area contributed by atoms with Gasteiger partial charge in [0.1, 0.15) is 19.0 Å². The topological polar surface area (TPSA) is 119 Å². The summed E-state index contributed by atoms with van der Waals surface area (Å²) in [6.45, 7) is 2.08. The molecule has 5 aromatic rings. The van der Waals surface area contributed by atoms with Crippen molar-refractivity contribution in [1.82, 2.24) is 20.0 Å². The molecule has 0 bridgehead atoms. The van der Waals surface area contributed by atoms with E-state index in [1.54, 1.807) is 34.7 Å². The van der Waals surface area contributed by atoms with Crippen LogP contribution in [0.15, 0.2) is 77.9 Å². The second-order valence-electron chi connectivity index (χ2n) is 8.46. The first-order valence-corrected chi connectivity index (χ1v) is 11.7. The maximum Gasteiger partial charge on any atom is 0.362 e. The zero-order chi connectivity index (χ0) is 25.9. The summed E-state index contributed by atoms with van der Waals surface area (Å²) in [7, 11) is 1.57. The predicted molar refractivity (Wildman–Crippen MR) is 140 cm³/mol. The summed E-state index contributed by atoms with van der Waals surface area (Å²) in [5.74, 6) is 5.76. The molecule has 1 unspecified atom stereocenters. The molecule has 0 saturated heterocycles. The minimum absolute atomic E-state index is 0.196. The van der Waals surface area contributed by atoms with Crippen molar-refractivity contribution in [3.8, 4) is 17.5 Å². The Balaban J connectivity index is 1.64. The lowest BCUT2D eigenvalue weighted by Crippen LogP contribution is -2.33. The number of nitrogens with two attached hydrogens (primary N) is 1. The number of amides is 1. The largest absolute Gasteiger partial charge is 0.382 e. The number of para-hydroxylation sites is 1. The fourth-order valence-corrected chi connectivity index (χ4v) is 4.37. The Kier molecular flexibility index (Phi) is 6.41. The highest BCUT2D eigenvalue weighted by atomic mass is 16.5. The quantitative estimate of drug-likeness (QED) is 0.257. The number of aromatic nitrogens is 4. The Bertz CT molecular complexity index is 1740. The maximum absolute atomic E-state index is 14.0. The van der Waals surface area contributed by atoms with Gasteiger partial charge in [-0.2, -0.15) is 0 Å². The Hall–Kier alpha value is -4.94. The lowest BCUT2D eigenvalue weighted by atomic mass is 10.0. The third-order valence-electron chi connectivity index (χ3n) is 6.03. The van der Waals surface area contributed by atoms with Gasteiger partial charge < -0.3 is 15.8 Å². The molecule has 9 heteroatoms. The van der Waals surface area contributed by atoms with Gasteiger partial charge in [0.2, 0.25) is 0 Å². The summed E-state index contributed by atoms with van der Waals surface area (Å²) >= 11 is 0. The molecule has 0 fully saturated rings. The molecular weight excluding hydrogens is 468 g/mol. The van der Waals surface area contributed by atoms with Crippen LogP contribution in [-0.4, -0.2) is 34.3 Å². The Morgan fingerprint density at radius 3 is 2.81 bits per heavy atom. The van der Waals surface area contributed by atoms with Crippen molar-refractivity contribution >= 4 is 28.1 Å². The zero-order valence-corrected chi connectivity index (χ0v) is 20.4. The summed E-state index contributed by atoms with van der Waals surface area (Å²) < 4.78 is 8.23. The minimum atomic E-state index is -0.550. The molecule has 0 aliphatic rings. The molecule has 3 heterocycles. The van der Waals surface area contributed by atoms with E-state index >= 15 is 0 Å². The SMILES string of the molecule is COCC#Cc1cccc2cc(C(C)NC(=O)c3c(N)[nH][n+]4cccnc34)n(-c3ccccc3)c(=O)c12. The van der Waals surface area contributed by atoms with Crippen molar-refractivity contribution in [3.63, 3.8) is 0 Å². The molecule has 3 aromatic heterocycles. The van der Waals surface area contributed by atoms with E-state index in [9.17, 15) is 9.59 Å². The van der Waals surface area contributed by atoms with E-state index in [2.05, 4.69) is 27.2 Å². The highest BCUT2D eigenvalue weighted by Gasteiger charge is 2.27. The number of fused-ring (bicyclic) bond motifs is 2. The van der Waals surface area contributed by atoms with Gasteiger partial charge in [0.05, 0.1) is 11.4 Å². The number of hydrogen-bond acceptors (Lipinski definition) is 5. The van der Waals surface area contributed by atoms with Crippen LogP contribution < -0.4 is 21.1 Å².